The summed E-state index contributed by atoms with van der Waals surface area (Å²) in [4.78, 5) is 0. The lowest BCUT2D eigenvalue weighted by molar-refractivity contribution is 0.619. The second kappa shape index (κ2) is 5.75. The average Bonchev–Trinajstić information content (AvgIpc) is 2.97. The number of benzene rings is 1. The highest BCUT2D eigenvalue weighted by Gasteiger charge is 2.16. The Morgan fingerprint density at radius 2 is 2.15 bits per heavy atom. The van der Waals surface area contributed by atoms with E-state index in [-0.39, 0.29) is 6.04 Å². The zero-order valence-electron chi connectivity index (χ0n) is 12.0. The Hall–Kier alpha value is -1.68. The Morgan fingerprint density at radius 1 is 1.30 bits per heavy atom. The van der Waals surface area contributed by atoms with Crippen molar-refractivity contribution < 1.29 is 0 Å². The first-order valence-corrected chi connectivity index (χ1v) is 7.58. The lowest BCUT2D eigenvalue weighted by Gasteiger charge is -2.18. The predicted octanol–water partition coefficient (Wildman–Crippen LogP) is 2.95. The van der Waals surface area contributed by atoms with E-state index >= 15 is 0 Å². The second-order valence-corrected chi connectivity index (χ2v) is 5.61. The normalized spacial score (nSPS) is 15.9. The SMILES string of the molecule is CCCC(N)c1cn(-c2cccc3c2CCCC3)nn1. The maximum absolute atomic E-state index is 6.12. The number of hydrogen-bond acceptors (Lipinski definition) is 3. The van der Waals surface area contributed by atoms with E-state index in [1.807, 2.05) is 10.9 Å². The molecule has 1 aliphatic rings. The molecule has 4 heteroatoms. The minimum absolute atomic E-state index is 0.00621. The van der Waals surface area contributed by atoms with Crippen LogP contribution in [-0.2, 0) is 12.8 Å². The highest BCUT2D eigenvalue weighted by atomic mass is 15.4. The summed E-state index contributed by atoms with van der Waals surface area (Å²) in [5, 5.41) is 8.53. The third-order valence-corrected chi connectivity index (χ3v) is 4.11. The third kappa shape index (κ3) is 2.48. The van der Waals surface area contributed by atoms with E-state index in [2.05, 4.69) is 35.4 Å². The molecule has 1 aromatic heterocycles. The average molecular weight is 270 g/mol. The second-order valence-electron chi connectivity index (χ2n) is 5.61. The summed E-state index contributed by atoms with van der Waals surface area (Å²) in [6, 6.07) is 6.48. The molecule has 1 heterocycles. The summed E-state index contributed by atoms with van der Waals surface area (Å²) in [5.74, 6) is 0. The van der Waals surface area contributed by atoms with E-state index in [0.717, 1.165) is 25.0 Å². The summed E-state index contributed by atoms with van der Waals surface area (Å²) in [6.45, 7) is 2.14. The molecule has 0 fully saturated rings. The van der Waals surface area contributed by atoms with Crippen molar-refractivity contribution in [2.45, 2.75) is 51.5 Å². The molecule has 0 amide bonds. The fourth-order valence-electron chi connectivity index (χ4n) is 3.00. The molecule has 0 saturated carbocycles. The first-order chi connectivity index (χ1) is 9.79. The van der Waals surface area contributed by atoms with Crippen LogP contribution in [0.5, 0.6) is 0 Å². The van der Waals surface area contributed by atoms with Crippen LogP contribution in [0.1, 0.15) is 55.5 Å². The lowest BCUT2D eigenvalue weighted by Crippen LogP contribution is -2.10. The molecular formula is C16H22N4. The van der Waals surface area contributed by atoms with Gasteiger partial charge in [-0.1, -0.05) is 30.7 Å². The van der Waals surface area contributed by atoms with Crippen LogP contribution in [0.15, 0.2) is 24.4 Å². The topological polar surface area (TPSA) is 56.7 Å². The summed E-state index contributed by atoms with van der Waals surface area (Å²) in [5.41, 5.74) is 11.1. The van der Waals surface area contributed by atoms with Gasteiger partial charge in [-0.2, -0.15) is 0 Å². The largest absolute Gasteiger partial charge is 0.323 e. The van der Waals surface area contributed by atoms with E-state index in [0.29, 0.717) is 0 Å². The van der Waals surface area contributed by atoms with E-state index < -0.39 is 0 Å². The molecule has 1 aromatic carbocycles. The Balaban J connectivity index is 1.94. The van der Waals surface area contributed by atoms with E-state index in [1.54, 1.807) is 0 Å². The van der Waals surface area contributed by atoms with Crippen LogP contribution in [0.3, 0.4) is 0 Å². The highest BCUT2D eigenvalue weighted by molar-refractivity contribution is 5.46. The molecule has 0 aliphatic heterocycles. The molecule has 1 aliphatic carbocycles. The van der Waals surface area contributed by atoms with E-state index in [9.17, 15) is 0 Å². The third-order valence-electron chi connectivity index (χ3n) is 4.11. The van der Waals surface area contributed by atoms with Gasteiger partial charge in [0.25, 0.3) is 0 Å². The van der Waals surface area contributed by atoms with Crippen molar-refractivity contribution in [2.75, 3.05) is 0 Å². The van der Waals surface area contributed by atoms with Gasteiger partial charge in [0.05, 0.1) is 23.6 Å². The number of rotatable bonds is 4. The molecule has 1 atom stereocenters. The molecule has 0 bridgehead atoms. The molecule has 4 nitrogen and oxygen atoms in total. The molecule has 2 N–H and O–H groups in total. The first kappa shape index (κ1) is 13.3. The zero-order chi connectivity index (χ0) is 13.9. The van der Waals surface area contributed by atoms with Crippen LogP contribution in [0.25, 0.3) is 5.69 Å². The minimum Gasteiger partial charge on any atom is -0.323 e. The molecular weight excluding hydrogens is 248 g/mol. The highest BCUT2D eigenvalue weighted by Crippen LogP contribution is 2.27. The number of nitrogens with zero attached hydrogens (tertiary/aromatic N) is 3. The van der Waals surface area contributed by atoms with Gasteiger partial charge in [0.1, 0.15) is 0 Å². The maximum Gasteiger partial charge on any atom is 0.0998 e. The Bertz CT molecular complexity index is 588. The van der Waals surface area contributed by atoms with Gasteiger partial charge >= 0.3 is 0 Å². The van der Waals surface area contributed by atoms with Crippen molar-refractivity contribution in [1.29, 1.82) is 0 Å². The Kier molecular flexibility index (Phi) is 3.83. The van der Waals surface area contributed by atoms with Crippen molar-refractivity contribution in [2.24, 2.45) is 5.73 Å². The summed E-state index contributed by atoms with van der Waals surface area (Å²) in [7, 11) is 0. The van der Waals surface area contributed by atoms with Gasteiger partial charge in [-0.05, 0) is 49.3 Å². The fraction of sp³-hybridized carbons (Fsp3) is 0.500. The van der Waals surface area contributed by atoms with Gasteiger partial charge in [0.15, 0.2) is 0 Å². The molecule has 20 heavy (non-hydrogen) atoms. The van der Waals surface area contributed by atoms with Crippen LogP contribution in [0.4, 0.5) is 0 Å². The smallest absolute Gasteiger partial charge is 0.0998 e. The quantitative estimate of drug-likeness (QED) is 0.929. The Labute approximate surface area is 120 Å². The molecule has 106 valence electrons. The molecule has 2 aromatic rings. The van der Waals surface area contributed by atoms with Gasteiger partial charge in [0.2, 0.25) is 0 Å². The van der Waals surface area contributed by atoms with E-state index in [4.69, 9.17) is 5.73 Å². The zero-order valence-corrected chi connectivity index (χ0v) is 12.0. The predicted molar refractivity (Wildman–Crippen MR) is 79.8 cm³/mol. The maximum atomic E-state index is 6.12. The van der Waals surface area contributed by atoms with Crippen molar-refractivity contribution in [1.82, 2.24) is 15.0 Å². The number of fused-ring (bicyclic) bond motifs is 1. The van der Waals surface area contributed by atoms with Gasteiger partial charge < -0.3 is 5.73 Å². The van der Waals surface area contributed by atoms with Crippen molar-refractivity contribution in [3.63, 3.8) is 0 Å². The van der Waals surface area contributed by atoms with Crippen LogP contribution >= 0.6 is 0 Å². The summed E-state index contributed by atoms with van der Waals surface area (Å²) in [6.07, 6.45) is 8.88. The van der Waals surface area contributed by atoms with Gasteiger partial charge in [0, 0.05) is 0 Å². The summed E-state index contributed by atoms with van der Waals surface area (Å²) < 4.78 is 1.90. The monoisotopic (exact) mass is 270 g/mol. The fourth-order valence-corrected chi connectivity index (χ4v) is 3.00. The number of aryl methyl sites for hydroxylation is 1. The van der Waals surface area contributed by atoms with Crippen molar-refractivity contribution in [3.8, 4) is 5.69 Å². The van der Waals surface area contributed by atoms with Gasteiger partial charge in [-0.15, -0.1) is 5.10 Å². The minimum atomic E-state index is -0.00621. The van der Waals surface area contributed by atoms with Crippen molar-refractivity contribution in [3.05, 3.63) is 41.2 Å². The van der Waals surface area contributed by atoms with Crippen LogP contribution in [-0.4, -0.2) is 15.0 Å². The number of hydrogen-bond donors (Lipinski definition) is 1. The summed E-state index contributed by atoms with van der Waals surface area (Å²) >= 11 is 0. The lowest BCUT2D eigenvalue weighted by atomic mass is 9.90. The van der Waals surface area contributed by atoms with Crippen LogP contribution in [0.2, 0.25) is 0 Å². The Morgan fingerprint density at radius 3 is 3.00 bits per heavy atom. The standard InChI is InChI=1S/C16H22N4/c1-2-6-14(17)15-11-20(19-18-15)16-10-5-8-12-7-3-4-9-13(12)16/h5,8,10-11,14H,2-4,6-7,9,17H2,1H3. The molecule has 0 radical (unpaired) electrons. The molecule has 0 saturated heterocycles. The first-order valence-electron chi connectivity index (χ1n) is 7.58. The number of aromatic nitrogens is 3. The van der Waals surface area contributed by atoms with Crippen LogP contribution < -0.4 is 5.73 Å². The van der Waals surface area contributed by atoms with E-state index in [1.165, 1.54) is 36.1 Å². The molecule has 3 rings (SSSR count). The van der Waals surface area contributed by atoms with Crippen molar-refractivity contribution >= 4 is 0 Å². The number of nitrogens with two attached hydrogens (primary N) is 1. The van der Waals surface area contributed by atoms with Gasteiger partial charge in [-0.25, -0.2) is 4.68 Å². The van der Waals surface area contributed by atoms with Gasteiger partial charge in [-0.3, -0.25) is 0 Å². The molecule has 1 unspecified atom stereocenters. The molecule has 0 spiro atoms. The van der Waals surface area contributed by atoms with Crippen LogP contribution in [0, 0.1) is 0 Å².